The van der Waals surface area contributed by atoms with Crippen LogP contribution in [0.2, 0.25) is 0 Å². The second-order valence-corrected chi connectivity index (χ2v) is 6.29. The van der Waals surface area contributed by atoms with Gasteiger partial charge in [-0.15, -0.1) is 0 Å². The standard InChI is InChI=1S/C17H28N2/c1-13(2)11-17(19-9-7-18-8-10-19)16-12-14(3)5-6-15(16)4/h5-6,12-13,17-18H,7-11H2,1-4H3. The molecule has 106 valence electrons. The lowest BCUT2D eigenvalue weighted by Crippen LogP contribution is -2.45. The zero-order valence-electron chi connectivity index (χ0n) is 12.9. The number of rotatable bonds is 4. The second-order valence-electron chi connectivity index (χ2n) is 6.29. The molecule has 2 nitrogen and oxygen atoms in total. The molecule has 1 atom stereocenters. The molecule has 1 heterocycles. The van der Waals surface area contributed by atoms with Gasteiger partial charge in [-0.1, -0.05) is 37.6 Å². The van der Waals surface area contributed by atoms with E-state index in [4.69, 9.17) is 0 Å². The van der Waals surface area contributed by atoms with Crippen molar-refractivity contribution in [2.75, 3.05) is 26.2 Å². The van der Waals surface area contributed by atoms with Crippen LogP contribution in [0.3, 0.4) is 0 Å². The summed E-state index contributed by atoms with van der Waals surface area (Å²) in [4.78, 5) is 2.66. The lowest BCUT2D eigenvalue weighted by molar-refractivity contribution is 0.153. The number of hydrogen-bond donors (Lipinski definition) is 1. The van der Waals surface area contributed by atoms with Crippen LogP contribution in [0.5, 0.6) is 0 Å². The van der Waals surface area contributed by atoms with Gasteiger partial charge in [-0.25, -0.2) is 0 Å². The van der Waals surface area contributed by atoms with E-state index in [9.17, 15) is 0 Å². The van der Waals surface area contributed by atoms with Crippen molar-refractivity contribution >= 4 is 0 Å². The van der Waals surface area contributed by atoms with Crippen molar-refractivity contribution in [2.24, 2.45) is 5.92 Å². The molecule has 2 rings (SSSR count). The van der Waals surface area contributed by atoms with Crippen LogP contribution in [-0.4, -0.2) is 31.1 Å². The van der Waals surface area contributed by atoms with E-state index in [1.165, 1.54) is 36.2 Å². The van der Waals surface area contributed by atoms with Crippen LogP contribution in [0.1, 0.15) is 43.0 Å². The summed E-state index contributed by atoms with van der Waals surface area (Å²) >= 11 is 0. The first kappa shape index (κ1) is 14.5. The third-order valence-corrected chi connectivity index (χ3v) is 4.08. The van der Waals surface area contributed by atoms with E-state index in [0.717, 1.165) is 19.0 Å². The molecular formula is C17H28N2. The third kappa shape index (κ3) is 3.80. The molecule has 0 spiro atoms. The fourth-order valence-corrected chi connectivity index (χ4v) is 3.03. The summed E-state index contributed by atoms with van der Waals surface area (Å²) in [6.45, 7) is 13.7. The maximum absolute atomic E-state index is 3.46. The summed E-state index contributed by atoms with van der Waals surface area (Å²) in [5, 5.41) is 3.46. The predicted octanol–water partition coefficient (Wildman–Crippen LogP) is 3.30. The number of benzene rings is 1. The summed E-state index contributed by atoms with van der Waals surface area (Å²) in [5.41, 5.74) is 4.36. The molecule has 1 saturated heterocycles. The molecule has 0 saturated carbocycles. The van der Waals surface area contributed by atoms with Gasteiger partial charge in [0.2, 0.25) is 0 Å². The molecule has 0 bridgehead atoms. The first-order chi connectivity index (χ1) is 9.08. The Hall–Kier alpha value is -0.860. The fourth-order valence-electron chi connectivity index (χ4n) is 3.03. The highest BCUT2D eigenvalue weighted by atomic mass is 15.2. The summed E-state index contributed by atoms with van der Waals surface area (Å²) in [7, 11) is 0. The molecular weight excluding hydrogens is 232 g/mol. The molecule has 1 aromatic carbocycles. The second kappa shape index (κ2) is 6.53. The number of piperazine rings is 1. The zero-order chi connectivity index (χ0) is 13.8. The first-order valence-electron chi connectivity index (χ1n) is 7.60. The maximum Gasteiger partial charge on any atom is 0.0354 e. The van der Waals surface area contributed by atoms with Gasteiger partial charge in [-0.05, 0) is 37.3 Å². The van der Waals surface area contributed by atoms with Crippen molar-refractivity contribution in [1.82, 2.24) is 10.2 Å². The molecule has 1 N–H and O–H groups in total. The van der Waals surface area contributed by atoms with E-state index in [0.29, 0.717) is 6.04 Å². The molecule has 1 aliphatic rings. The minimum absolute atomic E-state index is 0.585. The van der Waals surface area contributed by atoms with E-state index < -0.39 is 0 Å². The summed E-state index contributed by atoms with van der Waals surface area (Å²) in [6, 6.07) is 7.48. The van der Waals surface area contributed by atoms with Gasteiger partial charge in [0.25, 0.3) is 0 Å². The van der Waals surface area contributed by atoms with Crippen molar-refractivity contribution in [2.45, 2.75) is 40.2 Å². The lowest BCUT2D eigenvalue weighted by atomic mass is 9.91. The molecule has 0 aromatic heterocycles. The van der Waals surface area contributed by atoms with Crippen molar-refractivity contribution in [1.29, 1.82) is 0 Å². The van der Waals surface area contributed by atoms with Gasteiger partial charge in [0.15, 0.2) is 0 Å². The van der Waals surface area contributed by atoms with Gasteiger partial charge in [0.1, 0.15) is 0 Å². The van der Waals surface area contributed by atoms with E-state index in [2.05, 4.69) is 56.1 Å². The van der Waals surface area contributed by atoms with Gasteiger partial charge in [-0.3, -0.25) is 4.90 Å². The highest BCUT2D eigenvalue weighted by molar-refractivity contribution is 5.33. The monoisotopic (exact) mass is 260 g/mol. The molecule has 1 unspecified atom stereocenters. The average molecular weight is 260 g/mol. The Morgan fingerprint density at radius 3 is 2.47 bits per heavy atom. The first-order valence-corrected chi connectivity index (χ1v) is 7.60. The van der Waals surface area contributed by atoms with Crippen LogP contribution in [0, 0.1) is 19.8 Å². The highest BCUT2D eigenvalue weighted by Gasteiger charge is 2.24. The number of hydrogen-bond acceptors (Lipinski definition) is 2. The Kier molecular flexibility index (Phi) is 5.00. The third-order valence-electron chi connectivity index (χ3n) is 4.08. The Bertz CT molecular complexity index is 406. The van der Waals surface area contributed by atoms with Crippen LogP contribution in [0.25, 0.3) is 0 Å². The molecule has 0 aliphatic carbocycles. The Morgan fingerprint density at radius 1 is 1.16 bits per heavy atom. The molecule has 2 heteroatoms. The van der Waals surface area contributed by atoms with Crippen LogP contribution in [-0.2, 0) is 0 Å². The van der Waals surface area contributed by atoms with Gasteiger partial charge in [0.05, 0.1) is 0 Å². The largest absolute Gasteiger partial charge is 0.314 e. The molecule has 0 radical (unpaired) electrons. The van der Waals surface area contributed by atoms with Crippen molar-refractivity contribution in [3.05, 3.63) is 34.9 Å². The molecule has 19 heavy (non-hydrogen) atoms. The Morgan fingerprint density at radius 2 is 1.84 bits per heavy atom. The maximum atomic E-state index is 3.46. The molecule has 1 aromatic rings. The topological polar surface area (TPSA) is 15.3 Å². The van der Waals surface area contributed by atoms with Crippen molar-refractivity contribution in [3.63, 3.8) is 0 Å². The number of aryl methyl sites for hydroxylation is 2. The normalized spacial score (nSPS) is 18.8. The molecule has 0 amide bonds. The van der Waals surface area contributed by atoms with Crippen LogP contribution < -0.4 is 5.32 Å². The van der Waals surface area contributed by atoms with E-state index >= 15 is 0 Å². The van der Waals surface area contributed by atoms with E-state index in [1.807, 2.05) is 0 Å². The quantitative estimate of drug-likeness (QED) is 0.893. The zero-order valence-corrected chi connectivity index (χ0v) is 12.9. The highest BCUT2D eigenvalue weighted by Crippen LogP contribution is 2.30. The van der Waals surface area contributed by atoms with Crippen molar-refractivity contribution in [3.8, 4) is 0 Å². The van der Waals surface area contributed by atoms with Crippen LogP contribution in [0.15, 0.2) is 18.2 Å². The number of nitrogens with one attached hydrogen (secondary N) is 1. The van der Waals surface area contributed by atoms with Gasteiger partial charge >= 0.3 is 0 Å². The molecule has 1 fully saturated rings. The van der Waals surface area contributed by atoms with Gasteiger partial charge in [-0.2, -0.15) is 0 Å². The predicted molar refractivity (Wildman–Crippen MR) is 82.6 cm³/mol. The lowest BCUT2D eigenvalue weighted by Gasteiger charge is -2.37. The van der Waals surface area contributed by atoms with Crippen molar-refractivity contribution < 1.29 is 0 Å². The smallest absolute Gasteiger partial charge is 0.0354 e. The number of nitrogens with zero attached hydrogens (tertiary/aromatic N) is 1. The van der Waals surface area contributed by atoms with Crippen LogP contribution >= 0.6 is 0 Å². The average Bonchev–Trinajstić information content (AvgIpc) is 2.40. The summed E-state index contributed by atoms with van der Waals surface area (Å²) < 4.78 is 0. The minimum Gasteiger partial charge on any atom is -0.314 e. The minimum atomic E-state index is 0.585. The summed E-state index contributed by atoms with van der Waals surface area (Å²) in [6.07, 6.45) is 1.25. The Balaban J connectivity index is 2.27. The fraction of sp³-hybridized carbons (Fsp3) is 0.647. The van der Waals surface area contributed by atoms with E-state index in [1.54, 1.807) is 0 Å². The van der Waals surface area contributed by atoms with Crippen LogP contribution in [0.4, 0.5) is 0 Å². The summed E-state index contributed by atoms with van der Waals surface area (Å²) in [5.74, 6) is 0.736. The van der Waals surface area contributed by atoms with Gasteiger partial charge in [0, 0.05) is 32.2 Å². The van der Waals surface area contributed by atoms with E-state index in [-0.39, 0.29) is 0 Å². The van der Waals surface area contributed by atoms with Gasteiger partial charge < -0.3 is 5.32 Å². The SMILES string of the molecule is Cc1ccc(C)c(C(CC(C)C)N2CCNCC2)c1. The Labute approximate surface area is 118 Å². The molecule has 1 aliphatic heterocycles.